The average Bonchev–Trinajstić information content (AvgIpc) is 2.72. The Morgan fingerprint density at radius 2 is 2.15 bits per heavy atom. The van der Waals surface area contributed by atoms with Gasteiger partial charge in [0.2, 0.25) is 0 Å². The summed E-state index contributed by atoms with van der Waals surface area (Å²) >= 11 is 1.91. The summed E-state index contributed by atoms with van der Waals surface area (Å²) in [7, 11) is 0. The van der Waals surface area contributed by atoms with E-state index in [2.05, 4.69) is 18.2 Å². The molecule has 68 valence electrons. The molecule has 0 amide bonds. The molecule has 0 aromatic heterocycles. The first-order valence-corrected chi connectivity index (χ1v) is 5.76. The van der Waals surface area contributed by atoms with Gasteiger partial charge in [-0.05, 0) is 36.5 Å². The molecule has 1 N–H and O–H groups in total. The van der Waals surface area contributed by atoms with Crippen molar-refractivity contribution in [3.63, 3.8) is 0 Å². The van der Waals surface area contributed by atoms with E-state index in [9.17, 15) is 5.11 Å². The van der Waals surface area contributed by atoms with Crippen molar-refractivity contribution in [2.75, 3.05) is 5.75 Å². The zero-order chi connectivity index (χ0) is 8.89. The fourth-order valence-corrected chi connectivity index (χ4v) is 3.13. The first-order valence-electron chi connectivity index (χ1n) is 4.77. The van der Waals surface area contributed by atoms with E-state index in [1.807, 2.05) is 11.8 Å². The molecule has 1 aromatic rings. The second-order valence-electron chi connectivity index (χ2n) is 3.91. The van der Waals surface area contributed by atoms with Crippen molar-refractivity contribution in [2.45, 2.75) is 29.8 Å². The van der Waals surface area contributed by atoms with E-state index in [0.29, 0.717) is 0 Å². The molecule has 13 heavy (non-hydrogen) atoms. The number of rotatable bonds is 1. The Morgan fingerprint density at radius 1 is 1.31 bits per heavy atom. The second-order valence-corrected chi connectivity index (χ2v) is 5.05. The molecule has 1 fully saturated rings. The summed E-state index contributed by atoms with van der Waals surface area (Å²) < 4.78 is 0. The molecule has 2 aliphatic rings. The summed E-state index contributed by atoms with van der Waals surface area (Å²) in [6, 6.07) is 6.34. The van der Waals surface area contributed by atoms with Crippen LogP contribution in [0, 0.1) is 0 Å². The molecule has 1 aliphatic carbocycles. The SMILES string of the molecule is OC1(c2cccc3c2CCS3)CC1. The molecule has 0 bridgehead atoms. The molecule has 0 radical (unpaired) electrons. The molecule has 0 saturated heterocycles. The van der Waals surface area contributed by atoms with E-state index in [4.69, 9.17) is 0 Å². The van der Waals surface area contributed by atoms with Crippen molar-refractivity contribution in [1.82, 2.24) is 0 Å². The number of aliphatic hydroxyl groups is 1. The van der Waals surface area contributed by atoms with Gasteiger partial charge in [0, 0.05) is 10.6 Å². The highest BCUT2D eigenvalue weighted by molar-refractivity contribution is 7.99. The van der Waals surface area contributed by atoms with Crippen molar-refractivity contribution in [1.29, 1.82) is 0 Å². The number of hydrogen-bond donors (Lipinski definition) is 1. The first-order chi connectivity index (χ1) is 6.30. The Morgan fingerprint density at radius 3 is 2.92 bits per heavy atom. The van der Waals surface area contributed by atoms with Crippen LogP contribution in [0.25, 0.3) is 0 Å². The fourth-order valence-electron chi connectivity index (χ4n) is 2.05. The Bertz CT molecular complexity index is 355. The molecular weight excluding hydrogens is 180 g/mol. The Labute approximate surface area is 82.2 Å². The lowest BCUT2D eigenvalue weighted by molar-refractivity contribution is 0.150. The van der Waals surface area contributed by atoms with E-state index in [1.54, 1.807) is 0 Å². The number of benzene rings is 1. The molecule has 0 unspecified atom stereocenters. The van der Waals surface area contributed by atoms with E-state index < -0.39 is 5.60 Å². The highest BCUT2D eigenvalue weighted by atomic mass is 32.2. The van der Waals surface area contributed by atoms with Crippen LogP contribution in [-0.4, -0.2) is 10.9 Å². The minimum atomic E-state index is -0.448. The fraction of sp³-hybridized carbons (Fsp3) is 0.455. The minimum Gasteiger partial charge on any atom is -0.385 e. The standard InChI is InChI=1S/C11H12OS/c12-11(5-6-11)9-2-1-3-10-8(9)4-7-13-10/h1-3,12H,4-7H2. The summed E-state index contributed by atoms with van der Waals surface area (Å²) in [5, 5.41) is 10.1. The van der Waals surface area contributed by atoms with Crippen molar-refractivity contribution in [3.05, 3.63) is 29.3 Å². The lowest BCUT2D eigenvalue weighted by Gasteiger charge is -2.12. The van der Waals surface area contributed by atoms with E-state index in [-0.39, 0.29) is 0 Å². The van der Waals surface area contributed by atoms with Crippen LogP contribution in [0.2, 0.25) is 0 Å². The Balaban J connectivity index is 2.15. The quantitative estimate of drug-likeness (QED) is 0.737. The van der Waals surface area contributed by atoms with E-state index in [0.717, 1.165) is 19.3 Å². The highest BCUT2D eigenvalue weighted by Gasteiger charge is 2.44. The van der Waals surface area contributed by atoms with Gasteiger partial charge < -0.3 is 5.11 Å². The summed E-state index contributed by atoms with van der Waals surface area (Å²) in [6.45, 7) is 0. The van der Waals surface area contributed by atoms with Gasteiger partial charge in [0.25, 0.3) is 0 Å². The van der Waals surface area contributed by atoms with Crippen LogP contribution in [0.5, 0.6) is 0 Å². The summed E-state index contributed by atoms with van der Waals surface area (Å²) in [4.78, 5) is 1.39. The van der Waals surface area contributed by atoms with E-state index in [1.165, 1.54) is 21.8 Å². The van der Waals surface area contributed by atoms with Crippen LogP contribution in [0.1, 0.15) is 24.0 Å². The largest absolute Gasteiger partial charge is 0.385 e. The monoisotopic (exact) mass is 192 g/mol. The van der Waals surface area contributed by atoms with Gasteiger partial charge in [-0.2, -0.15) is 0 Å². The number of thioether (sulfide) groups is 1. The van der Waals surface area contributed by atoms with Crippen molar-refractivity contribution >= 4 is 11.8 Å². The molecule has 0 atom stereocenters. The van der Waals surface area contributed by atoms with Crippen LogP contribution in [-0.2, 0) is 12.0 Å². The molecule has 1 nitrogen and oxygen atoms in total. The predicted octanol–water partition coefficient (Wildman–Crippen LogP) is 2.32. The van der Waals surface area contributed by atoms with Crippen LogP contribution < -0.4 is 0 Å². The molecule has 0 spiro atoms. The third-order valence-electron chi connectivity index (χ3n) is 2.97. The first kappa shape index (κ1) is 7.89. The Hall–Kier alpha value is -0.470. The second kappa shape index (κ2) is 2.52. The minimum absolute atomic E-state index is 0.448. The number of hydrogen-bond acceptors (Lipinski definition) is 2. The van der Waals surface area contributed by atoms with Crippen molar-refractivity contribution < 1.29 is 5.11 Å². The van der Waals surface area contributed by atoms with Gasteiger partial charge in [0.05, 0.1) is 5.60 Å². The van der Waals surface area contributed by atoms with Gasteiger partial charge in [-0.1, -0.05) is 12.1 Å². The van der Waals surface area contributed by atoms with Crippen LogP contribution in [0.4, 0.5) is 0 Å². The Kier molecular flexibility index (Phi) is 1.53. The predicted molar refractivity (Wildman–Crippen MR) is 54.0 cm³/mol. The molecule has 1 aromatic carbocycles. The maximum Gasteiger partial charge on any atom is 0.0902 e. The summed E-state index contributed by atoms with van der Waals surface area (Å²) in [5.74, 6) is 1.18. The molecule has 1 saturated carbocycles. The van der Waals surface area contributed by atoms with Gasteiger partial charge in [-0.15, -0.1) is 11.8 Å². The van der Waals surface area contributed by atoms with Gasteiger partial charge >= 0.3 is 0 Å². The van der Waals surface area contributed by atoms with Gasteiger partial charge in [-0.25, -0.2) is 0 Å². The lowest BCUT2D eigenvalue weighted by atomic mass is 9.99. The third kappa shape index (κ3) is 1.12. The molecule has 1 heterocycles. The van der Waals surface area contributed by atoms with Crippen molar-refractivity contribution in [3.8, 4) is 0 Å². The summed E-state index contributed by atoms with van der Waals surface area (Å²) in [5.41, 5.74) is 2.17. The lowest BCUT2D eigenvalue weighted by Crippen LogP contribution is -2.07. The zero-order valence-electron chi connectivity index (χ0n) is 7.42. The van der Waals surface area contributed by atoms with Gasteiger partial charge in [0.1, 0.15) is 0 Å². The summed E-state index contributed by atoms with van der Waals surface area (Å²) in [6.07, 6.45) is 3.04. The van der Waals surface area contributed by atoms with Crippen LogP contribution in [0.15, 0.2) is 23.1 Å². The third-order valence-corrected chi connectivity index (χ3v) is 4.07. The highest BCUT2D eigenvalue weighted by Crippen LogP contribution is 2.49. The smallest absolute Gasteiger partial charge is 0.0902 e. The maximum atomic E-state index is 10.1. The molecule has 1 aliphatic heterocycles. The van der Waals surface area contributed by atoms with E-state index >= 15 is 0 Å². The molecule has 2 heteroatoms. The van der Waals surface area contributed by atoms with Gasteiger partial charge in [0.15, 0.2) is 0 Å². The molecule has 3 rings (SSSR count). The number of fused-ring (bicyclic) bond motifs is 1. The maximum absolute atomic E-state index is 10.1. The zero-order valence-corrected chi connectivity index (χ0v) is 8.23. The van der Waals surface area contributed by atoms with Crippen molar-refractivity contribution in [2.24, 2.45) is 0 Å². The van der Waals surface area contributed by atoms with Crippen LogP contribution in [0.3, 0.4) is 0 Å². The average molecular weight is 192 g/mol. The normalized spacial score (nSPS) is 22.8. The van der Waals surface area contributed by atoms with Gasteiger partial charge in [-0.3, -0.25) is 0 Å². The van der Waals surface area contributed by atoms with Crippen LogP contribution >= 0.6 is 11.8 Å². The topological polar surface area (TPSA) is 20.2 Å². The molecular formula is C11H12OS.